The molecule has 6 nitrogen and oxygen atoms in total. The number of nitrogens with one attached hydrogen (secondary N) is 1. The highest BCUT2D eigenvalue weighted by Crippen LogP contribution is 2.38. The molecule has 2 amide bonds. The lowest BCUT2D eigenvalue weighted by Crippen LogP contribution is -2.44. The van der Waals surface area contributed by atoms with Crippen LogP contribution in [0.1, 0.15) is 49.3 Å². The second kappa shape index (κ2) is 8.62. The molecule has 0 spiro atoms. The predicted molar refractivity (Wildman–Crippen MR) is 130 cm³/mol. The van der Waals surface area contributed by atoms with Gasteiger partial charge in [0.25, 0.3) is 0 Å². The van der Waals surface area contributed by atoms with Crippen LogP contribution in [0.4, 0.5) is 4.79 Å². The van der Waals surface area contributed by atoms with E-state index >= 15 is 0 Å². The van der Waals surface area contributed by atoms with Gasteiger partial charge in [0.2, 0.25) is 0 Å². The van der Waals surface area contributed by atoms with Crippen LogP contribution < -0.4 is 5.32 Å². The number of para-hydroxylation sites is 1. The maximum absolute atomic E-state index is 13.5. The molecule has 4 aromatic rings. The molecule has 0 bridgehead atoms. The number of rotatable bonds is 4. The molecule has 2 aromatic heterocycles. The van der Waals surface area contributed by atoms with E-state index in [0.717, 1.165) is 40.4 Å². The first-order valence-corrected chi connectivity index (χ1v) is 11.5. The van der Waals surface area contributed by atoms with E-state index in [2.05, 4.69) is 53.3 Å². The first-order valence-electron chi connectivity index (χ1n) is 11.5. The SMILES string of the molecule is CCc1nn(-c2ccccc2)c2c1CN(C(=O)NC(C)C)C(c1ccccc1)c1cccn1-2. The van der Waals surface area contributed by atoms with Crippen LogP contribution in [0.3, 0.4) is 0 Å². The first kappa shape index (κ1) is 21.1. The van der Waals surface area contributed by atoms with Crippen molar-refractivity contribution in [3.8, 4) is 11.5 Å². The van der Waals surface area contributed by atoms with E-state index < -0.39 is 0 Å². The van der Waals surface area contributed by atoms with Gasteiger partial charge in [0, 0.05) is 17.8 Å². The number of aromatic nitrogens is 3. The second-order valence-corrected chi connectivity index (χ2v) is 8.70. The Balaban J connectivity index is 1.76. The summed E-state index contributed by atoms with van der Waals surface area (Å²) in [5.41, 5.74) is 5.21. The number of urea groups is 1. The molecule has 1 aliphatic rings. The number of amides is 2. The van der Waals surface area contributed by atoms with Crippen molar-refractivity contribution in [1.29, 1.82) is 0 Å². The smallest absolute Gasteiger partial charge is 0.318 e. The van der Waals surface area contributed by atoms with Crippen LogP contribution in [0, 0.1) is 0 Å². The monoisotopic (exact) mass is 439 g/mol. The number of hydrogen-bond acceptors (Lipinski definition) is 2. The summed E-state index contributed by atoms with van der Waals surface area (Å²) in [6, 6.07) is 24.4. The Morgan fingerprint density at radius 3 is 2.39 bits per heavy atom. The lowest BCUT2D eigenvalue weighted by molar-refractivity contribution is 0.178. The predicted octanol–water partition coefficient (Wildman–Crippen LogP) is 5.25. The number of benzene rings is 2. The van der Waals surface area contributed by atoms with E-state index in [1.54, 1.807) is 0 Å². The minimum absolute atomic E-state index is 0.0427. The van der Waals surface area contributed by atoms with Crippen molar-refractivity contribution in [1.82, 2.24) is 24.6 Å². The number of hydrogen-bond donors (Lipinski definition) is 1. The molecule has 0 fully saturated rings. The Bertz CT molecular complexity index is 1260. The largest absolute Gasteiger partial charge is 0.336 e. The number of aryl methyl sites for hydroxylation is 1. The molecular weight excluding hydrogens is 410 g/mol. The Morgan fingerprint density at radius 2 is 1.73 bits per heavy atom. The summed E-state index contributed by atoms with van der Waals surface area (Å²) >= 11 is 0. The Morgan fingerprint density at radius 1 is 1.03 bits per heavy atom. The summed E-state index contributed by atoms with van der Waals surface area (Å²) in [6.45, 7) is 6.58. The van der Waals surface area contributed by atoms with Gasteiger partial charge in [0.15, 0.2) is 0 Å². The zero-order valence-corrected chi connectivity index (χ0v) is 19.3. The molecule has 1 aliphatic heterocycles. The number of carbonyl (C=O) groups is 1. The van der Waals surface area contributed by atoms with Gasteiger partial charge in [-0.1, -0.05) is 55.5 Å². The van der Waals surface area contributed by atoms with Gasteiger partial charge < -0.3 is 14.8 Å². The molecule has 0 saturated heterocycles. The molecule has 1 atom stereocenters. The normalized spacial score (nSPS) is 15.2. The highest BCUT2D eigenvalue weighted by molar-refractivity contribution is 5.76. The van der Waals surface area contributed by atoms with E-state index in [1.807, 2.05) is 65.9 Å². The van der Waals surface area contributed by atoms with Crippen LogP contribution in [0.5, 0.6) is 0 Å². The van der Waals surface area contributed by atoms with Gasteiger partial charge in [-0.2, -0.15) is 5.10 Å². The van der Waals surface area contributed by atoms with Gasteiger partial charge in [-0.05, 0) is 50.1 Å². The van der Waals surface area contributed by atoms with Gasteiger partial charge >= 0.3 is 6.03 Å². The van der Waals surface area contributed by atoms with Gasteiger partial charge in [-0.25, -0.2) is 9.48 Å². The van der Waals surface area contributed by atoms with E-state index in [4.69, 9.17) is 5.10 Å². The maximum Gasteiger partial charge on any atom is 0.318 e. The van der Waals surface area contributed by atoms with Crippen LogP contribution in [0.25, 0.3) is 11.5 Å². The molecule has 3 heterocycles. The third-order valence-electron chi connectivity index (χ3n) is 6.09. The molecular formula is C27H29N5O. The van der Waals surface area contributed by atoms with Crippen LogP contribution in [0.2, 0.25) is 0 Å². The zero-order valence-electron chi connectivity index (χ0n) is 19.3. The summed E-state index contributed by atoms with van der Waals surface area (Å²) in [5, 5.41) is 8.11. The second-order valence-electron chi connectivity index (χ2n) is 8.70. The van der Waals surface area contributed by atoms with Crippen LogP contribution in [-0.2, 0) is 13.0 Å². The van der Waals surface area contributed by atoms with E-state index in [1.165, 1.54) is 0 Å². The minimum Gasteiger partial charge on any atom is -0.336 e. The van der Waals surface area contributed by atoms with Gasteiger partial charge in [0.1, 0.15) is 5.82 Å². The van der Waals surface area contributed by atoms with Gasteiger partial charge in [0.05, 0.1) is 29.7 Å². The molecule has 5 rings (SSSR count). The van der Waals surface area contributed by atoms with Crippen molar-refractivity contribution in [2.75, 3.05) is 0 Å². The van der Waals surface area contributed by atoms with Crippen LogP contribution in [0.15, 0.2) is 79.0 Å². The molecule has 0 saturated carbocycles. The first-order chi connectivity index (χ1) is 16.1. The molecule has 6 heteroatoms. The van der Waals surface area contributed by atoms with Crippen molar-refractivity contribution < 1.29 is 4.79 Å². The van der Waals surface area contributed by atoms with Gasteiger partial charge in [-0.15, -0.1) is 0 Å². The summed E-state index contributed by atoms with van der Waals surface area (Å²) in [5.74, 6) is 0.999. The molecule has 168 valence electrons. The van der Waals surface area contributed by atoms with Crippen molar-refractivity contribution >= 4 is 6.03 Å². The van der Waals surface area contributed by atoms with Crippen molar-refractivity contribution in [2.45, 2.75) is 45.8 Å². The topological polar surface area (TPSA) is 55.1 Å². The van der Waals surface area contributed by atoms with E-state index in [0.29, 0.717) is 6.54 Å². The van der Waals surface area contributed by atoms with E-state index in [-0.39, 0.29) is 18.1 Å². The maximum atomic E-state index is 13.5. The summed E-state index contributed by atoms with van der Waals surface area (Å²) in [4.78, 5) is 15.5. The van der Waals surface area contributed by atoms with Crippen molar-refractivity contribution in [3.05, 3.63) is 102 Å². The number of carbonyl (C=O) groups excluding carboxylic acids is 1. The van der Waals surface area contributed by atoms with Gasteiger partial charge in [-0.3, -0.25) is 0 Å². The molecule has 1 N–H and O–H groups in total. The van der Waals surface area contributed by atoms with Crippen LogP contribution >= 0.6 is 0 Å². The lowest BCUT2D eigenvalue weighted by atomic mass is 10.0. The highest BCUT2D eigenvalue weighted by atomic mass is 16.2. The van der Waals surface area contributed by atoms with E-state index in [9.17, 15) is 4.79 Å². The molecule has 1 unspecified atom stereocenters. The average Bonchev–Trinajstić information content (AvgIpc) is 3.41. The molecule has 33 heavy (non-hydrogen) atoms. The Kier molecular flexibility index (Phi) is 5.50. The van der Waals surface area contributed by atoms with Crippen LogP contribution in [-0.4, -0.2) is 31.3 Å². The Hall–Kier alpha value is -3.80. The summed E-state index contributed by atoms with van der Waals surface area (Å²) in [6.07, 6.45) is 2.86. The molecule has 2 aromatic carbocycles. The fourth-order valence-electron chi connectivity index (χ4n) is 4.66. The fourth-order valence-corrected chi connectivity index (χ4v) is 4.66. The number of fused-ring (bicyclic) bond motifs is 3. The molecule has 0 aliphatic carbocycles. The third kappa shape index (κ3) is 3.71. The fraction of sp³-hybridized carbons (Fsp3) is 0.259. The Labute approximate surface area is 194 Å². The third-order valence-corrected chi connectivity index (χ3v) is 6.09. The highest BCUT2D eigenvalue weighted by Gasteiger charge is 2.36. The van der Waals surface area contributed by atoms with Crippen molar-refractivity contribution in [3.63, 3.8) is 0 Å². The molecule has 0 radical (unpaired) electrons. The number of nitrogens with zero attached hydrogens (tertiary/aromatic N) is 4. The standard InChI is InChI=1S/C27H29N5O/c1-4-23-22-18-31(27(33)28-19(2)3)25(20-12-7-5-8-13-20)24-16-11-17-30(24)26(22)32(29-23)21-14-9-6-10-15-21/h5-17,19,25H,4,18H2,1-3H3,(H,28,33). The minimum atomic E-state index is -0.221. The quantitative estimate of drug-likeness (QED) is 0.472. The van der Waals surface area contributed by atoms with Crippen molar-refractivity contribution in [2.24, 2.45) is 0 Å². The lowest BCUT2D eigenvalue weighted by Gasteiger charge is -2.31. The summed E-state index contributed by atoms with van der Waals surface area (Å²) in [7, 11) is 0. The zero-order chi connectivity index (χ0) is 22.9. The summed E-state index contributed by atoms with van der Waals surface area (Å²) < 4.78 is 4.22. The average molecular weight is 440 g/mol.